The minimum Gasteiger partial charge on any atom is -0.454 e. The van der Waals surface area contributed by atoms with Crippen LogP contribution in [0.25, 0.3) is 0 Å². The van der Waals surface area contributed by atoms with Crippen LogP contribution in [0.1, 0.15) is 18.1 Å². The van der Waals surface area contributed by atoms with E-state index in [4.69, 9.17) is 9.47 Å². The van der Waals surface area contributed by atoms with Crippen LogP contribution in [-0.2, 0) is 5.60 Å². The Bertz CT molecular complexity index is 758. The number of nitrogens with one attached hydrogen (secondary N) is 2. The monoisotopic (exact) mass is 328 g/mol. The molecule has 2 aromatic carbocycles. The standard InChI is InChI=1S/C18H20N2O4/c1-12-5-3-4-6-14(12)20-17(21)19-10-18(2,22)13-7-8-15-16(9-13)24-11-23-15/h3-9,22H,10-11H2,1-2H3,(H2,19,20,21)/t18-/m1/s1. The summed E-state index contributed by atoms with van der Waals surface area (Å²) >= 11 is 0. The van der Waals surface area contributed by atoms with Crippen LogP contribution >= 0.6 is 0 Å². The maximum atomic E-state index is 12.1. The first-order valence-electron chi connectivity index (χ1n) is 7.69. The van der Waals surface area contributed by atoms with Gasteiger partial charge in [-0.3, -0.25) is 0 Å². The molecule has 0 bridgehead atoms. The molecule has 0 fully saturated rings. The van der Waals surface area contributed by atoms with E-state index < -0.39 is 5.60 Å². The Kier molecular flexibility index (Phi) is 4.31. The van der Waals surface area contributed by atoms with Gasteiger partial charge < -0.3 is 25.2 Å². The first-order chi connectivity index (χ1) is 11.5. The minimum absolute atomic E-state index is 0.0599. The van der Waals surface area contributed by atoms with Gasteiger partial charge in [-0.1, -0.05) is 24.3 Å². The predicted molar refractivity (Wildman–Crippen MR) is 90.3 cm³/mol. The number of amides is 2. The number of urea groups is 1. The Morgan fingerprint density at radius 2 is 1.96 bits per heavy atom. The number of anilines is 1. The summed E-state index contributed by atoms with van der Waals surface area (Å²) in [6.45, 7) is 3.79. The van der Waals surface area contributed by atoms with Crippen molar-refractivity contribution in [3.05, 3.63) is 53.6 Å². The highest BCUT2D eigenvalue weighted by Crippen LogP contribution is 2.35. The Balaban J connectivity index is 1.62. The van der Waals surface area contributed by atoms with Gasteiger partial charge in [-0.25, -0.2) is 4.79 Å². The average Bonchev–Trinajstić information content (AvgIpc) is 3.03. The lowest BCUT2D eigenvalue weighted by atomic mass is 9.95. The molecule has 126 valence electrons. The summed E-state index contributed by atoms with van der Waals surface area (Å²) in [5, 5.41) is 16.1. The van der Waals surface area contributed by atoms with Crippen molar-refractivity contribution in [3.63, 3.8) is 0 Å². The van der Waals surface area contributed by atoms with Crippen LogP contribution in [0.2, 0.25) is 0 Å². The zero-order valence-corrected chi connectivity index (χ0v) is 13.6. The summed E-state index contributed by atoms with van der Waals surface area (Å²) in [4.78, 5) is 12.1. The summed E-state index contributed by atoms with van der Waals surface area (Å²) < 4.78 is 10.6. The fraction of sp³-hybridized carbons (Fsp3) is 0.278. The van der Waals surface area contributed by atoms with Crippen molar-refractivity contribution in [2.75, 3.05) is 18.7 Å². The Morgan fingerprint density at radius 1 is 1.21 bits per heavy atom. The molecule has 0 spiro atoms. The third-order valence-electron chi connectivity index (χ3n) is 3.98. The van der Waals surface area contributed by atoms with E-state index in [-0.39, 0.29) is 19.4 Å². The van der Waals surface area contributed by atoms with Crippen LogP contribution in [0.15, 0.2) is 42.5 Å². The van der Waals surface area contributed by atoms with E-state index in [1.54, 1.807) is 25.1 Å². The topological polar surface area (TPSA) is 79.8 Å². The fourth-order valence-electron chi connectivity index (χ4n) is 2.47. The molecule has 1 aliphatic rings. The highest BCUT2D eigenvalue weighted by molar-refractivity contribution is 5.90. The van der Waals surface area contributed by atoms with Crippen LogP contribution in [0.5, 0.6) is 11.5 Å². The number of hydrogen-bond acceptors (Lipinski definition) is 4. The largest absolute Gasteiger partial charge is 0.454 e. The van der Waals surface area contributed by atoms with Gasteiger partial charge in [0.1, 0.15) is 5.60 Å². The highest BCUT2D eigenvalue weighted by Gasteiger charge is 2.26. The summed E-state index contributed by atoms with van der Waals surface area (Å²) in [5.74, 6) is 1.25. The molecule has 24 heavy (non-hydrogen) atoms. The first kappa shape index (κ1) is 16.1. The summed E-state index contributed by atoms with van der Waals surface area (Å²) in [7, 11) is 0. The third-order valence-corrected chi connectivity index (χ3v) is 3.98. The summed E-state index contributed by atoms with van der Waals surface area (Å²) in [5.41, 5.74) is 1.11. The lowest BCUT2D eigenvalue weighted by Gasteiger charge is -2.24. The van der Waals surface area contributed by atoms with Gasteiger partial charge >= 0.3 is 6.03 Å². The predicted octanol–water partition coefficient (Wildman–Crippen LogP) is 2.75. The van der Waals surface area contributed by atoms with Crippen molar-refractivity contribution in [1.82, 2.24) is 5.32 Å². The van der Waals surface area contributed by atoms with E-state index >= 15 is 0 Å². The molecule has 3 N–H and O–H groups in total. The maximum Gasteiger partial charge on any atom is 0.319 e. The van der Waals surface area contributed by atoms with Crippen LogP contribution in [-0.4, -0.2) is 24.5 Å². The van der Waals surface area contributed by atoms with Gasteiger partial charge in [-0.2, -0.15) is 0 Å². The average molecular weight is 328 g/mol. The number of carbonyl (C=O) groups is 1. The van der Waals surface area contributed by atoms with Crippen molar-refractivity contribution >= 4 is 11.7 Å². The molecule has 6 heteroatoms. The van der Waals surface area contributed by atoms with E-state index in [0.717, 1.165) is 11.3 Å². The number of fused-ring (bicyclic) bond motifs is 1. The van der Waals surface area contributed by atoms with E-state index in [2.05, 4.69) is 10.6 Å². The smallest absolute Gasteiger partial charge is 0.319 e. The minimum atomic E-state index is -1.23. The van der Waals surface area contributed by atoms with Crippen molar-refractivity contribution in [3.8, 4) is 11.5 Å². The van der Waals surface area contributed by atoms with Gasteiger partial charge in [0.2, 0.25) is 6.79 Å². The molecule has 0 saturated carbocycles. The lowest BCUT2D eigenvalue weighted by molar-refractivity contribution is 0.0597. The van der Waals surface area contributed by atoms with Gasteiger partial charge in [-0.15, -0.1) is 0 Å². The molecular formula is C18H20N2O4. The van der Waals surface area contributed by atoms with Gasteiger partial charge in [-0.05, 0) is 43.2 Å². The molecule has 0 aromatic heterocycles. The van der Waals surface area contributed by atoms with Gasteiger partial charge in [0, 0.05) is 5.69 Å². The van der Waals surface area contributed by atoms with Crippen LogP contribution in [0.4, 0.5) is 10.5 Å². The second-order valence-electron chi connectivity index (χ2n) is 5.96. The third kappa shape index (κ3) is 3.44. The van der Waals surface area contributed by atoms with Crippen LogP contribution in [0, 0.1) is 6.92 Å². The SMILES string of the molecule is Cc1ccccc1NC(=O)NC[C@@](C)(O)c1ccc2c(c1)OCO2. The molecule has 2 aromatic rings. The molecule has 3 rings (SSSR count). The Morgan fingerprint density at radius 3 is 2.75 bits per heavy atom. The summed E-state index contributed by atoms with van der Waals surface area (Å²) in [6.07, 6.45) is 0. The molecule has 6 nitrogen and oxygen atoms in total. The van der Waals surface area contributed by atoms with Gasteiger partial charge in [0.15, 0.2) is 11.5 Å². The Hall–Kier alpha value is -2.73. The summed E-state index contributed by atoms with van der Waals surface area (Å²) in [6, 6.07) is 12.4. The molecule has 0 aliphatic carbocycles. The van der Waals surface area contributed by atoms with Crippen LogP contribution in [0.3, 0.4) is 0 Å². The fourth-order valence-corrected chi connectivity index (χ4v) is 2.47. The maximum absolute atomic E-state index is 12.1. The molecule has 2 amide bonds. The number of rotatable bonds is 4. The van der Waals surface area contributed by atoms with Gasteiger partial charge in [0.05, 0.1) is 6.54 Å². The molecular weight excluding hydrogens is 308 g/mol. The van der Waals surface area contributed by atoms with E-state index in [1.165, 1.54) is 0 Å². The quantitative estimate of drug-likeness (QED) is 0.806. The van der Waals surface area contributed by atoms with E-state index in [1.807, 2.05) is 31.2 Å². The van der Waals surface area contributed by atoms with Crippen LogP contribution < -0.4 is 20.1 Å². The normalized spacial score (nSPS) is 14.8. The van der Waals surface area contributed by atoms with E-state index in [9.17, 15) is 9.90 Å². The van der Waals surface area contributed by atoms with Gasteiger partial charge in [0.25, 0.3) is 0 Å². The number of benzene rings is 2. The lowest BCUT2D eigenvalue weighted by Crippen LogP contribution is -2.40. The first-order valence-corrected chi connectivity index (χ1v) is 7.69. The van der Waals surface area contributed by atoms with Crippen molar-refractivity contribution in [2.45, 2.75) is 19.4 Å². The molecule has 0 unspecified atom stereocenters. The zero-order valence-electron chi connectivity index (χ0n) is 13.6. The zero-order chi connectivity index (χ0) is 17.2. The highest BCUT2D eigenvalue weighted by atomic mass is 16.7. The number of hydrogen-bond donors (Lipinski definition) is 3. The second kappa shape index (κ2) is 6.41. The Labute approximate surface area is 140 Å². The van der Waals surface area contributed by atoms with Crippen molar-refractivity contribution < 1.29 is 19.4 Å². The second-order valence-corrected chi connectivity index (χ2v) is 5.96. The van der Waals surface area contributed by atoms with E-state index in [0.29, 0.717) is 17.1 Å². The molecule has 1 atom stereocenters. The molecule has 0 radical (unpaired) electrons. The number of aliphatic hydroxyl groups is 1. The number of carbonyl (C=O) groups excluding carboxylic acids is 1. The van der Waals surface area contributed by atoms with Crippen molar-refractivity contribution in [1.29, 1.82) is 0 Å². The number of para-hydroxylation sites is 1. The molecule has 1 aliphatic heterocycles. The number of aryl methyl sites for hydroxylation is 1. The number of ether oxygens (including phenoxy) is 2. The molecule has 0 saturated heterocycles. The van der Waals surface area contributed by atoms with Crippen molar-refractivity contribution in [2.24, 2.45) is 0 Å². The molecule has 1 heterocycles.